The van der Waals surface area contributed by atoms with Gasteiger partial charge < -0.3 is 13.5 Å². The van der Waals surface area contributed by atoms with Crippen molar-refractivity contribution in [3.05, 3.63) is 169 Å². The Morgan fingerprint density at radius 3 is 2.02 bits per heavy atom. The summed E-state index contributed by atoms with van der Waals surface area (Å²) < 4.78 is 7.56. The van der Waals surface area contributed by atoms with Crippen LogP contribution < -0.4 is 0 Å². The molecule has 0 fully saturated rings. The zero-order valence-corrected chi connectivity index (χ0v) is 28.8. The first-order valence-electron chi connectivity index (χ1n) is 18.4. The number of rotatable bonds is 3. The Hall–Kier alpha value is -6.58. The van der Waals surface area contributed by atoms with E-state index < -0.39 is 0 Å². The van der Waals surface area contributed by atoms with Crippen molar-refractivity contribution in [3.8, 4) is 11.4 Å². The van der Waals surface area contributed by atoms with Gasteiger partial charge in [-0.3, -0.25) is 0 Å². The zero-order chi connectivity index (χ0) is 34.1. The Kier molecular flexibility index (Phi) is 5.55. The van der Waals surface area contributed by atoms with Gasteiger partial charge in [0.1, 0.15) is 0 Å². The Morgan fingerprint density at radius 1 is 0.500 bits per heavy atom. The third kappa shape index (κ3) is 3.55. The second-order valence-electron chi connectivity index (χ2n) is 14.4. The van der Waals surface area contributed by atoms with Gasteiger partial charge in [0, 0.05) is 72.1 Å². The molecule has 1 aliphatic rings. The third-order valence-corrected chi connectivity index (χ3v) is 11.8. The van der Waals surface area contributed by atoms with Crippen molar-refractivity contribution in [1.29, 1.82) is 0 Å². The second-order valence-corrected chi connectivity index (χ2v) is 14.4. The molecular weight excluding hydrogens is 631 g/mol. The number of allylic oxidation sites excluding steroid dienone is 3. The molecular formula is C49H33N3. The van der Waals surface area contributed by atoms with Crippen LogP contribution in [-0.2, 0) is 6.42 Å². The Balaban J connectivity index is 1.22. The lowest BCUT2D eigenvalue weighted by atomic mass is 10.00. The maximum atomic E-state index is 2.54. The van der Waals surface area contributed by atoms with Gasteiger partial charge in [-0.05, 0) is 54.3 Å². The monoisotopic (exact) mass is 663 g/mol. The highest BCUT2D eigenvalue weighted by Crippen LogP contribution is 2.48. The molecule has 0 N–H and O–H groups in total. The van der Waals surface area contributed by atoms with Gasteiger partial charge in [-0.25, -0.2) is 0 Å². The van der Waals surface area contributed by atoms with Crippen LogP contribution in [0.1, 0.15) is 24.6 Å². The fourth-order valence-corrected chi connectivity index (χ4v) is 9.58. The normalized spacial score (nSPS) is 13.5. The van der Waals surface area contributed by atoms with Crippen molar-refractivity contribution in [2.45, 2.75) is 19.8 Å². The molecule has 0 aliphatic heterocycles. The topological polar surface area (TPSA) is 14.3 Å². The summed E-state index contributed by atoms with van der Waals surface area (Å²) in [5.41, 5.74) is 14.1. The van der Waals surface area contributed by atoms with Gasteiger partial charge in [0.2, 0.25) is 0 Å². The lowest BCUT2D eigenvalue weighted by Crippen LogP contribution is -2.04. The highest BCUT2D eigenvalue weighted by Gasteiger charge is 2.25. The van der Waals surface area contributed by atoms with Gasteiger partial charge in [0.25, 0.3) is 0 Å². The molecule has 244 valence electrons. The highest BCUT2D eigenvalue weighted by molar-refractivity contribution is 6.37. The van der Waals surface area contributed by atoms with Crippen LogP contribution in [0, 0.1) is 0 Å². The molecule has 3 nitrogen and oxygen atoms in total. The van der Waals surface area contributed by atoms with Crippen LogP contribution in [0.5, 0.6) is 0 Å². The molecule has 0 bridgehead atoms. The molecule has 7 aromatic carbocycles. The number of para-hydroxylation sites is 3. The number of fused-ring (bicyclic) bond motifs is 15. The Morgan fingerprint density at radius 2 is 1.19 bits per heavy atom. The van der Waals surface area contributed by atoms with E-state index >= 15 is 0 Å². The fraction of sp³-hybridized carbons (Fsp3) is 0.0612. The smallest absolute Gasteiger partial charge is 0.0628 e. The number of hydrogen-bond acceptors (Lipinski definition) is 0. The van der Waals surface area contributed by atoms with Crippen molar-refractivity contribution < 1.29 is 0 Å². The predicted molar refractivity (Wildman–Crippen MR) is 221 cm³/mol. The first-order valence-corrected chi connectivity index (χ1v) is 18.4. The van der Waals surface area contributed by atoms with E-state index in [0.717, 1.165) is 18.5 Å². The lowest BCUT2D eigenvalue weighted by molar-refractivity contribution is 0.925. The maximum Gasteiger partial charge on any atom is 0.0628 e. The van der Waals surface area contributed by atoms with Crippen molar-refractivity contribution in [2.24, 2.45) is 0 Å². The van der Waals surface area contributed by atoms with Crippen LogP contribution in [-0.4, -0.2) is 13.5 Å². The summed E-state index contributed by atoms with van der Waals surface area (Å²) in [6, 6.07) is 52.0. The summed E-state index contributed by atoms with van der Waals surface area (Å²) in [5.74, 6) is 0. The Labute approximate surface area is 299 Å². The van der Waals surface area contributed by atoms with E-state index in [1.54, 1.807) is 0 Å². The standard InChI is InChI=1S/C49H33N3/c1-2-30-13-11-21-36-35-18-5-8-22-41(35)50(44(36)27-30)32-15-12-16-33(28-32)51-43-24-10-7-20-38(43)46-45(51)29-40-37-19-6-9-23-42(37)52-48-34-17-4-3-14-31(34)25-26-39(48)47(46)49(40)52/h3-26,28-29H,2,27H2,1H3. The first kappa shape index (κ1) is 28.2. The van der Waals surface area contributed by atoms with E-state index in [-0.39, 0.29) is 0 Å². The van der Waals surface area contributed by atoms with Crippen LogP contribution in [0.4, 0.5) is 0 Å². The lowest BCUT2D eigenvalue weighted by Gasteiger charge is -2.15. The largest absolute Gasteiger partial charge is 0.313 e. The Bertz CT molecular complexity index is 3360. The quantitative estimate of drug-likeness (QED) is 0.179. The summed E-state index contributed by atoms with van der Waals surface area (Å²) in [6.45, 7) is 2.27. The van der Waals surface area contributed by atoms with Crippen LogP contribution in [0.15, 0.2) is 157 Å². The van der Waals surface area contributed by atoms with Crippen LogP contribution in [0.2, 0.25) is 0 Å². The van der Waals surface area contributed by atoms with E-state index in [1.807, 2.05) is 0 Å². The molecule has 0 amide bonds. The summed E-state index contributed by atoms with van der Waals surface area (Å²) >= 11 is 0. The van der Waals surface area contributed by atoms with Gasteiger partial charge in [-0.2, -0.15) is 0 Å². The molecule has 4 heterocycles. The van der Waals surface area contributed by atoms with Gasteiger partial charge >= 0.3 is 0 Å². The highest BCUT2D eigenvalue weighted by atomic mass is 15.0. The summed E-state index contributed by atoms with van der Waals surface area (Å²) in [7, 11) is 0. The summed E-state index contributed by atoms with van der Waals surface area (Å²) in [6.07, 6.45) is 8.82. The van der Waals surface area contributed by atoms with Crippen molar-refractivity contribution in [2.75, 3.05) is 0 Å². The SMILES string of the molecule is CCC1=CC=Cc2c(n(-c3cccc(-n4c5ccccc5c5c6c7ccc8ccccc8c7n7c8ccccc8c(cc54)c67)c3)c3ccccc23)C1. The van der Waals surface area contributed by atoms with Crippen LogP contribution in [0.3, 0.4) is 0 Å². The number of aromatic nitrogens is 3. The van der Waals surface area contributed by atoms with E-state index in [1.165, 1.54) is 104 Å². The first-order chi connectivity index (χ1) is 25.8. The molecule has 0 saturated heterocycles. The average Bonchev–Trinajstić information content (AvgIpc) is 3.86. The molecule has 0 radical (unpaired) electrons. The maximum absolute atomic E-state index is 2.54. The molecule has 1 aliphatic carbocycles. The predicted octanol–water partition coefficient (Wildman–Crippen LogP) is 12.9. The van der Waals surface area contributed by atoms with E-state index in [0.29, 0.717) is 0 Å². The minimum absolute atomic E-state index is 0.937. The number of benzene rings is 7. The van der Waals surface area contributed by atoms with E-state index in [2.05, 4.69) is 178 Å². The molecule has 4 aromatic heterocycles. The van der Waals surface area contributed by atoms with Gasteiger partial charge in [0.05, 0.1) is 33.1 Å². The van der Waals surface area contributed by atoms with Gasteiger partial charge in [-0.1, -0.05) is 128 Å². The average molecular weight is 664 g/mol. The molecule has 3 heteroatoms. The molecule has 52 heavy (non-hydrogen) atoms. The second kappa shape index (κ2) is 10.2. The summed E-state index contributed by atoms with van der Waals surface area (Å²) in [5, 5.41) is 11.7. The molecule has 0 spiro atoms. The zero-order valence-electron chi connectivity index (χ0n) is 28.8. The molecule has 0 unspecified atom stereocenters. The summed E-state index contributed by atoms with van der Waals surface area (Å²) in [4.78, 5) is 0. The minimum atomic E-state index is 0.937. The van der Waals surface area contributed by atoms with Crippen molar-refractivity contribution in [1.82, 2.24) is 13.5 Å². The van der Waals surface area contributed by atoms with Crippen molar-refractivity contribution >= 4 is 87.7 Å². The molecule has 0 atom stereocenters. The fourth-order valence-electron chi connectivity index (χ4n) is 9.58. The van der Waals surface area contributed by atoms with Crippen LogP contribution in [0.25, 0.3) is 99.0 Å². The third-order valence-electron chi connectivity index (χ3n) is 11.8. The number of hydrogen-bond donors (Lipinski definition) is 0. The van der Waals surface area contributed by atoms with Crippen molar-refractivity contribution in [3.63, 3.8) is 0 Å². The minimum Gasteiger partial charge on any atom is -0.313 e. The van der Waals surface area contributed by atoms with Gasteiger partial charge in [0.15, 0.2) is 0 Å². The van der Waals surface area contributed by atoms with Crippen LogP contribution >= 0.6 is 0 Å². The van der Waals surface area contributed by atoms with E-state index in [9.17, 15) is 0 Å². The molecule has 12 rings (SSSR count). The molecule has 11 aromatic rings. The molecule has 0 saturated carbocycles. The van der Waals surface area contributed by atoms with Gasteiger partial charge in [-0.15, -0.1) is 0 Å². The van der Waals surface area contributed by atoms with E-state index in [4.69, 9.17) is 0 Å². The number of nitrogens with zero attached hydrogens (tertiary/aromatic N) is 3.